The van der Waals surface area contributed by atoms with E-state index in [-0.39, 0.29) is 4.90 Å². The van der Waals surface area contributed by atoms with Gasteiger partial charge in [-0.3, -0.25) is 4.72 Å². The fraction of sp³-hybridized carbons (Fsp3) is 0.143. The Labute approximate surface area is 168 Å². The third kappa shape index (κ3) is 3.21. The molecular weight excluding hydrogens is 390 g/mol. The van der Waals surface area contributed by atoms with E-state index in [4.69, 9.17) is 15.2 Å². The number of rotatable bonds is 5. The van der Waals surface area contributed by atoms with Gasteiger partial charge in [0.15, 0.2) is 0 Å². The van der Waals surface area contributed by atoms with E-state index in [1.807, 2.05) is 29.8 Å². The maximum absolute atomic E-state index is 13.0. The van der Waals surface area contributed by atoms with Gasteiger partial charge in [0.2, 0.25) is 0 Å². The third-order valence-electron chi connectivity index (χ3n) is 4.97. The van der Waals surface area contributed by atoms with Gasteiger partial charge in [0.05, 0.1) is 30.3 Å². The Morgan fingerprint density at radius 1 is 0.897 bits per heavy atom. The summed E-state index contributed by atoms with van der Waals surface area (Å²) in [5.74, 6) is 0.941. The number of anilines is 2. The number of fused-ring (bicyclic) bond motifs is 3. The summed E-state index contributed by atoms with van der Waals surface area (Å²) in [5, 5.41) is 1.78. The predicted molar refractivity (Wildman–Crippen MR) is 115 cm³/mol. The molecule has 1 heterocycles. The highest BCUT2D eigenvalue weighted by Gasteiger charge is 2.19. The lowest BCUT2D eigenvalue weighted by Gasteiger charge is -2.13. The molecule has 3 aromatic carbocycles. The van der Waals surface area contributed by atoms with Crippen LogP contribution in [-0.2, 0) is 17.1 Å². The third-order valence-corrected chi connectivity index (χ3v) is 6.33. The van der Waals surface area contributed by atoms with Gasteiger partial charge in [-0.25, -0.2) is 8.42 Å². The molecule has 0 atom stereocenters. The molecule has 0 aliphatic heterocycles. The molecule has 8 heteroatoms. The van der Waals surface area contributed by atoms with Gasteiger partial charge in [-0.2, -0.15) is 0 Å². The smallest absolute Gasteiger partial charge is 0.262 e. The Balaban J connectivity index is 1.80. The first-order chi connectivity index (χ1) is 13.8. The second kappa shape index (κ2) is 6.89. The predicted octanol–water partition coefficient (Wildman–Crippen LogP) is 3.73. The lowest BCUT2D eigenvalue weighted by Crippen LogP contribution is -2.13. The Hall–Kier alpha value is -3.39. The number of aromatic nitrogens is 1. The molecular formula is C21H21N3O4S. The standard InChI is InChI=1S/C21H21N3O4S/c1-24-19-9-6-15(12-17(19)16-7-4-13(22)10-20(16)24)29(25,26)23-18-8-5-14(27-2)11-21(18)28-3/h4-12,23H,22H2,1-3H3. The van der Waals surface area contributed by atoms with Crippen molar-refractivity contribution in [1.29, 1.82) is 0 Å². The number of hydrogen-bond acceptors (Lipinski definition) is 5. The van der Waals surface area contributed by atoms with Crippen molar-refractivity contribution < 1.29 is 17.9 Å². The molecule has 29 heavy (non-hydrogen) atoms. The molecule has 4 aromatic rings. The molecule has 0 saturated carbocycles. The number of ether oxygens (including phenoxy) is 2. The van der Waals surface area contributed by atoms with Crippen molar-refractivity contribution in [2.45, 2.75) is 4.90 Å². The van der Waals surface area contributed by atoms with Gasteiger partial charge < -0.3 is 19.8 Å². The summed E-state index contributed by atoms with van der Waals surface area (Å²) in [6, 6.07) is 15.5. The van der Waals surface area contributed by atoms with E-state index < -0.39 is 10.0 Å². The summed E-state index contributed by atoms with van der Waals surface area (Å²) in [6.07, 6.45) is 0. The van der Waals surface area contributed by atoms with Gasteiger partial charge in [-0.15, -0.1) is 0 Å². The number of nitrogens with zero attached hydrogens (tertiary/aromatic N) is 1. The zero-order valence-electron chi connectivity index (χ0n) is 16.3. The summed E-state index contributed by atoms with van der Waals surface area (Å²) in [4.78, 5) is 0.159. The number of nitrogens with one attached hydrogen (secondary N) is 1. The molecule has 0 aliphatic rings. The van der Waals surface area contributed by atoms with E-state index in [0.717, 1.165) is 21.8 Å². The maximum Gasteiger partial charge on any atom is 0.262 e. The van der Waals surface area contributed by atoms with Crippen LogP contribution in [-0.4, -0.2) is 27.2 Å². The molecule has 4 rings (SSSR count). The van der Waals surface area contributed by atoms with Gasteiger partial charge in [-0.1, -0.05) is 6.07 Å². The summed E-state index contributed by atoms with van der Waals surface area (Å²) < 4.78 is 41.1. The highest BCUT2D eigenvalue weighted by Crippen LogP contribution is 2.33. The molecule has 150 valence electrons. The highest BCUT2D eigenvalue weighted by molar-refractivity contribution is 7.92. The first kappa shape index (κ1) is 18.9. The Morgan fingerprint density at radius 2 is 1.69 bits per heavy atom. The first-order valence-corrected chi connectivity index (χ1v) is 10.3. The van der Waals surface area contributed by atoms with E-state index >= 15 is 0 Å². The number of nitrogens with two attached hydrogens (primary N) is 1. The van der Waals surface area contributed by atoms with Gasteiger partial charge in [-0.05, 0) is 42.5 Å². The average molecular weight is 411 g/mol. The quantitative estimate of drug-likeness (QED) is 0.488. The Morgan fingerprint density at radius 3 is 2.41 bits per heavy atom. The average Bonchev–Trinajstić information content (AvgIpc) is 2.99. The number of sulfonamides is 1. The summed E-state index contributed by atoms with van der Waals surface area (Å²) in [7, 11) is 1.11. The first-order valence-electron chi connectivity index (χ1n) is 8.86. The van der Waals surface area contributed by atoms with Crippen LogP contribution in [0.25, 0.3) is 21.8 Å². The minimum absolute atomic E-state index is 0.159. The van der Waals surface area contributed by atoms with Crippen molar-refractivity contribution in [3.8, 4) is 11.5 Å². The van der Waals surface area contributed by atoms with Crippen LogP contribution in [0.5, 0.6) is 11.5 Å². The largest absolute Gasteiger partial charge is 0.497 e. The Bertz CT molecular complexity index is 1340. The molecule has 0 amide bonds. The SMILES string of the molecule is COc1ccc(NS(=O)(=O)c2ccc3c(c2)c2ccc(N)cc2n3C)c(OC)c1. The number of hydrogen-bond donors (Lipinski definition) is 2. The number of benzene rings is 3. The van der Waals surface area contributed by atoms with Crippen LogP contribution < -0.4 is 19.9 Å². The van der Waals surface area contributed by atoms with E-state index in [2.05, 4.69) is 4.72 Å². The maximum atomic E-state index is 13.0. The van der Waals surface area contributed by atoms with Crippen LogP contribution in [0.1, 0.15) is 0 Å². The fourth-order valence-corrected chi connectivity index (χ4v) is 4.56. The van der Waals surface area contributed by atoms with Crippen molar-refractivity contribution in [3.63, 3.8) is 0 Å². The minimum Gasteiger partial charge on any atom is -0.497 e. The van der Waals surface area contributed by atoms with Crippen LogP contribution in [0, 0.1) is 0 Å². The van der Waals surface area contributed by atoms with Gasteiger partial charge in [0, 0.05) is 35.1 Å². The number of methoxy groups -OCH3 is 2. The number of aryl methyl sites for hydroxylation is 1. The summed E-state index contributed by atoms with van der Waals surface area (Å²) in [6.45, 7) is 0. The summed E-state index contributed by atoms with van der Waals surface area (Å²) in [5.41, 5.74) is 8.76. The van der Waals surface area contributed by atoms with Crippen molar-refractivity contribution in [3.05, 3.63) is 54.6 Å². The van der Waals surface area contributed by atoms with Crippen molar-refractivity contribution in [1.82, 2.24) is 4.57 Å². The molecule has 0 fully saturated rings. The number of nitrogen functional groups attached to an aromatic ring is 1. The van der Waals surface area contributed by atoms with Crippen molar-refractivity contribution in [2.24, 2.45) is 7.05 Å². The van der Waals surface area contributed by atoms with Crippen LogP contribution >= 0.6 is 0 Å². The molecule has 1 aromatic heterocycles. The van der Waals surface area contributed by atoms with Crippen LogP contribution in [0.4, 0.5) is 11.4 Å². The molecule has 0 spiro atoms. The van der Waals surface area contributed by atoms with Gasteiger partial charge >= 0.3 is 0 Å². The van der Waals surface area contributed by atoms with Gasteiger partial charge in [0.1, 0.15) is 11.5 Å². The van der Waals surface area contributed by atoms with Gasteiger partial charge in [0.25, 0.3) is 10.0 Å². The minimum atomic E-state index is -3.83. The molecule has 0 radical (unpaired) electrons. The van der Waals surface area contributed by atoms with E-state index in [0.29, 0.717) is 22.9 Å². The second-order valence-corrected chi connectivity index (χ2v) is 8.37. The monoisotopic (exact) mass is 411 g/mol. The van der Waals surface area contributed by atoms with E-state index in [1.54, 1.807) is 36.4 Å². The molecule has 0 saturated heterocycles. The summed E-state index contributed by atoms with van der Waals surface area (Å²) >= 11 is 0. The fourth-order valence-electron chi connectivity index (χ4n) is 3.46. The zero-order valence-corrected chi connectivity index (χ0v) is 17.1. The Kier molecular flexibility index (Phi) is 4.50. The lowest BCUT2D eigenvalue weighted by atomic mass is 10.1. The van der Waals surface area contributed by atoms with E-state index in [1.165, 1.54) is 14.2 Å². The molecule has 0 unspecified atom stereocenters. The van der Waals surface area contributed by atoms with Crippen LogP contribution in [0.2, 0.25) is 0 Å². The van der Waals surface area contributed by atoms with E-state index in [9.17, 15) is 8.42 Å². The zero-order chi connectivity index (χ0) is 20.8. The molecule has 7 nitrogen and oxygen atoms in total. The molecule has 0 bridgehead atoms. The normalized spacial score (nSPS) is 11.7. The van der Waals surface area contributed by atoms with Crippen LogP contribution in [0.15, 0.2) is 59.5 Å². The van der Waals surface area contributed by atoms with Crippen molar-refractivity contribution >= 4 is 43.2 Å². The molecule has 3 N–H and O–H groups in total. The topological polar surface area (TPSA) is 95.6 Å². The second-order valence-electron chi connectivity index (χ2n) is 6.69. The molecule has 0 aliphatic carbocycles. The van der Waals surface area contributed by atoms with Crippen LogP contribution in [0.3, 0.4) is 0 Å². The highest BCUT2D eigenvalue weighted by atomic mass is 32.2. The lowest BCUT2D eigenvalue weighted by molar-refractivity contribution is 0.395. The van der Waals surface area contributed by atoms with Crippen molar-refractivity contribution in [2.75, 3.05) is 24.7 Å².